The van der Waals surface area contributed by atoms with E-state index in [4.69, 9.17) is 9.52 Å². The Kier molecular flexibility index (Phi) is 4.33. The quantitative estimate of drug-likeness (QED) is 0.474. The molecule has 0 saturated heterocycles. The Hall–Kier alpha value is -3.52. The number of hydrogen-bond donors (Lipinski definition) is 2. The summed E-state index contributed by atoms with van der Waals surface area (Å²) in [6, 6.07) is 13.9. The van der Waals surface area contributed by atoms with Gasteiger partial charge in [0.05, 0.1) is 15.9 Å². The topological polar surface area (TPSA) is 101 Å². The van der Waals surface area contributed by atoms with Crippen LogP contribution in [0.15, 0.2) is 58.2 Å². The van der Waals surface area contributed by atoms with E-state index >= 15 is 0 Å². The highest BCUT2D eigenvalue weighted by Gasteiger charge is 2.19. The van der Waals surface area contributed by atoms with Crippen LogP contribution in [0.5, 0.6) is 0 Å². The number of thiazole rings is 1. The molecule has 0 aliphatic heterocycles. The fourth-order valence-corrected chi connectivity index (χ4v) is 4.24. The van der Waals surface area contributed by atoms with E-state index in [2.05, 4.69) is 20.5 Å². The molecule has 2 aromatic carbocycles. The monoisotopic (exact) mass is 404 g/mol. The SMILES string of the molecule is O=C(O)c1coc(-c2ccc3c(c2)/C(=N\Nc2nc4ccccc4s2)CCC3)n1. The minimum atomic E-state index is -1.11. The van der Waals surface area contributed by atoms with Crippen molar-refractivity contribution >= 4 is 38.4 Å². The smallest absolute Gasteiger partial charge is 0.357 e. The molecule has 0 fully saturated rings. The van der Waals surface area contributed by atoms with Gasteiger partial charge in [-0.15, -0.1) is 0 Å². The van der Waals surface area contributed by atoms with Crippen LogP contribution in [-0.2, 0) is 6.42 Å². The van der Waals surface area contributed by atoms with Gasteiger partial charge in [-0.1, -0.05) is 29.5 Å². The van der Waals surface area contributed by atoms with Crippen molar-refractivity contribution in [1.29, 1.82) is 0 Å². The molecule has 2 aromatic heterocycles. The average molecular weight is 404 g/mol. The van der Waals surface area contributed by atoms with Gasteiger partial charge in [-0.05, 0) is 49.1 Å². The zero-order valence-electron chi connectivity index (χ0n) is 15.3. The lowest BCUT2D eigenvalue weighted by Gasteiger charge is -2.18. The first kappa shape index (κ1) is 17.6. The number of para-hydroxylation sites is 1. The summed E-state index contributed by atoms with van der Waals surface area (Å²) >= 11 is 1.56. The second kappa shape index (κ2) is 7.14. The lowest BCUT2D eigenvalue weighted by atomic mass is 9.89. The molecule has 5 rings (SSSR count). The van der Waals surface area contributed by atoms with Crippen molar-refractivity contribution in [2.75, 3.05) is 5.43 Å². The second-order valence-electron chi connectivity index (χ2n) is 6.73. The zero-order chi connectivity index (χ0) is 19.8. The van der Waals surface area contributed by atoms with Gasteiger partial charge in [-0.25, -0.2) is 14.8 Å². The number of anilines is 1. The lowest BCUT2D eigenvalue weighted by molar-refractivity contribution is 0.0690. The highest BCUT2D eigenvalue weighted by molar-refractivity contribution is 7.22. The number of hydrogen-bond acceptors (Lipinski definition) is 7. The van der Waals surface area contributed by atoms with Gasteiger partial charge in [-0.2, -0.15) is 5.10 Å². The number of hydrazone groups is 1. The third-order valence-corrected chi connectivity index (χ3v) is 5.77. The summed E-state index contributed by atoms with van der Waals surface area (Å²) in [7, 11) is 0. The fraction of sp³-hybridized carbons (Fsp3) is 0.143. The number of benzene rings is 2. The molecule has 0 spiro atoms. The van der Waals surface area contributed by atoms with Gasteiger partial charge in [0, 0.05) is 11.1 Å². The highest BCUT2D eigenvalue weighted by Crippen LogP contribution is 2.29. The van der Waals surface area contributed by atoms with Crippen molar-refractivity contribution in [1.82, 2.24) is 9.97 Å². The molecule has 29 heavy (non-hydrogen) atoms. The molecule has 8 heteroatoms. The molecule has 2 N–H and O–H groups in total. The number of carboxylic acids is 1. The molecule has 4 aromatic rings. The summed E-state index contributed by atoms with van der Waals surface area (Å²) < 4.78 is 6.46. The maximum Gasteiger partial charge on any atom is 0.357 e. The van der Waals surface area contributed by atoms with E-state index in [0.717, 1.165) is 57.7 Å². The number of carboxylic acid groups (broad SMARTS) is 1. The van der Waals surface area contributed by atoms with E-state index in [-0.39, 0.29) is 11.6 Å². The average Bonchev–Trinajstić information content (AvgIpc) is 3.39. The van der Waals surface area contributed by atoms with Gasteiger partial charge < -0.3 is 9.52 Å². The number of aryl methyl sites for hydroxylation is 1. The van der Waals surface area contributed by atoms with Gasteiger partial charge in [0.2, 0.25) is 11.0 Å². The van der Waals surface area contributed by atoms with E-state index in [9.17, 15) is 4.79 Å². The third-order valence-electron chi connectivity index (χ3n) is 4.83. The molecule has 1 aliphatic rings. The van der Waals surface area contributed by atoms with Crippen LogP contribution in [0.2, 0.25) is 0 Å². The largest absolute Gasteiger partial charge is 0.476 e. The minimum absolute atomic E-state index is 0.107. The molecule has 0 bridgehead atoms. The number of nitrogens with one attached hydrogen (secondary N) is 1. The van der Waals surface area contributed by atoms with Crippen LogP contribution in [0.1, 0.15) is 34.5 Å². The summed E-state index contributed by atoms with van der Waals surface area (Å²) in [5.74, 6) is -0.825. The van der Waals surface area contributed by atoms with Crippen LogP contribution >= 0.6 is 11.3 Å². The van der Waals surface area contributed by atoms with Crippen molar-refractivity contribution in [2.45, 2.75) is 19.3 Å². The van der Waals surface area contributed by atoms with E-state index in [0.29, 0.717) is 0 Å². The van der Waals surface area contributed by atoms with Crippen molar-refractivity contribution < 1.29 is 14.3 Å². The zero-order valence-corrected chi connectivity index (χ0v) is 16.1. The molecule has 0 saturated carbocycles. The van der Waals surface area contributed by atoms with Gasteiger partial charge in [-0.3, -0.25) is 5.43 Å². The van der Waals surface area contributed by atoms with E-state index in [1.54, 1.807) is 11.3 Å². The molecular formula is C21H16N4O3S. The van der Waals surface area contributed by atoms with Crippen molar-refractivity contribution in [3.05, 3.63) is 65.5 Å². The Morgan fingerprint density at radius 3 is 2.90 bits per heavy atom. The first-order valence-corrected chi connectivity index (χ1v) is 10.00. The normalized spacial score (nSPS) is 14.8. The molecule has 144 valence electrons. The Labute approximate surface area is 169 Å². The van der Waals surface area contributed by atoms with Crippen molar-refractivity contribution in [3.8, 4) is 11.5 Å². The van der Waals surface area contributed by atoms with E-state index in [1.807, 2.05) is 42.5 Å². The predicted molar refractivity (Wildman–Crippen MR) is 112 cm³/mol. The van der Waals surface area contributed by atoms with Crippen LogP contribution in [0.3, 0.4) is 0 Å². The molecule has 0 radical (unpaired) electrons. The Morgan fingerprint density at radius 2 is 2.07 bits per heavy atom. The molecule has 0 unspecified atom stereocenters. The van der Waals surface area contributed by atoms with Crippen LogP contribution in [0.4, 0.5) is 5.13 Å². The number of oxazole rings is 1. The molecule has 7 nitrogen and oxygen atoms in total. The summed E-state index contributed by atoms with van der Waals surface area (Å²) in [4.78, 5) is 19.7. The second-order valence-corrected chi connectivity index (χ2v) is 7.76. The van der Waals surface area contributed by atoms with Crippen LogP contribution in [-0.4, -0.2) is 26.8 Å². The van der Waals surface area contributed by atoms with E-state index in [1.165, 1.54) is 5.56 Å². The number of nitrogens with zero attached hydrogens (tertiary/aromatic N) is 3. The van der Waals surface area contributed by atoms with Crippen LogP contribution in [0, 0.1) is 0 Å². The number of aromatic carboxylic acids is 1. The van der Waals surface area contributed by atoms with Crippen LogP contribution in [0.25, 0.3) is 21.7 Å². The summed E-state index contributed by atoms with van der Waals surface area (Å²) in [6.45, 7) is 0. The number of rotatable bonds is 4. The van der Waals surface area contributed by atoms with Crippen molar-refractivity contribution in [2.24, 2.45) is 5.10 Å². The first-order chi connectivity index (χ1) is 14.2. The minimum Gasteiger partial charge on any atom is -0.476 e. The number of carbonyl (C=O) groups is 1. The highest BCUT2D eigenvalue weighted by atomic mass is 32.1. The Bertz CT molecular complexity index is 1220. The molecular weight excluding hydrogens is 388 g/mol. The number of aromatic nitrogens is 2. The summed E-state index contributed by atoms with van der Waals surface area (Å²) in [5.41, 5.74) is 7.84. The molecule has 0 atom stereocenters. The maximum absolute atomic E-state index is 11.1. The Morgan fingerprint density at radius 1 is 1.17 bits per heavy atom. The van der Waals surface area contributed by atoms with Crippen LogP contribution < -0.4 is 5.43 Å². The Balaban J connectivity index is 1.46. The fourth-order valence-electron chi connectivity index (χ4n) is 3.43. The number of fused-ring (bicyclic) bond motifs is 2. The van der Waals surface area contributed by atoms with Gasteiger partial charge in [0.15, 0.2) is 5.69 Å². The third kappa shape index (κ3) is 3.38. The predicted octanol–water partition coefficient (Wildman–Crippen LogP) is 4.80. The molecule has 2 heterocycles. The molecule has 1 aliphatic carbocycles. The lowest BCUT2D eigenvalue weighted by Crippen LogP contribution is -2.13. The van der Waals surface area contributed by atoms with E-state index < -0.39 is 5.97 Å². The maximum atomic E-state index is 11.1. The summed E-state index contributed by atoms with van der Waals surface area (Å²) in [5, 5.41) is 14.4. The standard InChI is InChI=1S/C21H16N4O3S/c26-20(27)17-11-28-19(22-17)13-9-8-12-4-3-6-15(14(12)10-13)24-25-21-23-16-5-1-2-7-18(16)29-21/h1-2,5,7-11H,3-4,6H2,(H,23,25)(H,26,27)/b24-15-. The molecule has 0 amide bonds. The summed E-state index contributed by atoms with van der Waals surface area (Å²) in [6.07, 6.45) is 4.00. The van der Waals surface area contributed by atoms with Gasteiger partial charge in [0.25, 0.3) is 0 Å². The first-order valence-electron chi connectivity index (χ1n) is 9.18. The van der Waals surface area contributed by atoms with Gasteiger partial charge in [0.1, 0.15) is 6.26 Å². The van der Waals surface area contributed by atoms with Crippen molar-refractivity contribution in [3.63, 3.8) is 0 Å². The van der Waals surface area contributed by atoms with Gasteiger partial charge >= 0.3 is 5.97 Å².